The highest BCUT2D eigenvalue weighted by Crippen LogP contribution is 2.42. The van der Waals surface area contributed by atoms with Crippen molar-refractivity contribution in [1.29, 1.82) is 0 Å². The second kappa shape index (κ2) is 7.16. The number of aliphatic hydroxyl groups excluding tert-OH is 1. The first kappa shape index (κ1) is 17.9. The Morgan fingerprint density at radius 3 is 1.96 bits per heavy atom. The molecule has 2 atom stereocenters. The van der Waals surface area contributed by atoms with E-state index >= 15 is 0 Å². The predicted molar refractivity (Wildman–Crippen MR) is 103 cm³/mol. The molecule has 3 rings (SSSR count). The molecule has 2 aromatic rings. The van der Waals surface area contributed by atoms with Gasteiger partial charge in [-0.3, -0.25) is 0 Å². The van der Waals surface area contributed by atoms with Gasteiger partial charge in [0.2, 0.25) is 14.8 Å². The SMILES string of the molecule is CC(C)(C)C1C=COC1(CO)O[SiH](c1ccccc1)c1ccccc1. The molecule has 0 saturated heterocycles. The third-order valence-corrected chi connectivity index (χ3v) is 7.30. The molecular formula is C21H26O3Si. The van der Waals surface area contributed by atoms with Crippen LogP contribution in [0.1, 0.15) is 20.8 Å². The first-order valence-electron chi connectivity index (χ1n) is 8.69. The second-order valence-electron chi connectivity index (χ2n) is 7.58. The highest BCUT2D eigenvalue weighted by Gasteiger charge is 2.50. The maximum Gasteiger partial charge on any atom is 0.245 e. The summed E-state index contributed by atoms with van der Waals surface area (Å²) < 4.78 is 12.5. The molecule has 0 spiro atoms. The van der Waals surface area contributed by atoms with E-state index in [0.29, 0.717) is 0 Å². The first-order valence-corrected chi connectivity index (χ1v) is 10.3. The van der Waals surface area contributed by atoms with Gasteiger partial charge in [0, 0.05) is 0 Å². The van der Waals surface area contributed by atoms with Gasteiger partial charge in [-0.05, 0) is 21.9 Å². The van der Waals surface area contributed by atoms with Gasteiger partial charge >= 0.3 is 0 Å². The molecule has 2 unspecified atom stereocenters. The van der Waals surface area contributed by atoms with Crippen LogP contribution in [0.5, 0.6) is 0 Å². The summed E-state index contributed by atoms with van der Waals surface area (Å²) in [6.07, 6.45) is 3.69. The van der Waals surface area contributed by atoms with Crippen molar-refractivity contribution in [2.24, 2.45) is 11.3 Å². The van der Waals surface area contributed by atoms with Gasteiger partial charge in [-0.1, -0.05) is 81.4 Å². The van der Waals surface area contributed by atoms with Crippen molar-refractivity contribution < 1.29 is 14.3 Å². The van der Waals surface area contributed by atoms with Crippen LogP contribution in [0, 0.1) is 11.3 Å². The zero-order valence-corrected chi connectivity index (χ0v) is 16.2. The third kappa shape index (κ3) is 3.71. The summed E-state index contributed by atoms with van der Waals surface area (Å²) in [5.74, 6) is -1.05. The summed E-state index contributed by atoms with van der Waals surface area (Å²) in [5.41, 5.74) is -0.0813. The fourth-order valence-electron chi connectivity index (χ4n) is 3.46. The molecule has 4 heteroatoms. The molecule has 2 aromatic carbocycles. The van der Waals surface area contributed by atoms with E-state index < -0.39 is 14.8 Å². The lowest BCUT2D eigenvalue weighted by Gasteiger charge is -2.41. The fourth-order valence-corrected chi connectivity index (χ4v) is 5.94. The Morgan fingerprint density at radius 2 is 1.52 bits per heavy atom. The Morgan fingerprint density at radius 1 is 1.00 bits per heavy atom. The van der Waals surface area contributed by atoms with Crippen LogP contribution >= 0.6 is 0 Å². The quantitative estimate of drug-likeness (QED) is 0.838. The molecule has 0 amide bonds. The van der Waals surface area contributed by atoms with Gasteiger partial charge in [-0.15, -0.1) is 0 Å². The van der Waals surface area contributed by atoms with E-state index in [-0.39, 0.29) is 17.9 Å². The average Bonchev–Trinajstić information content (AvgIpc) is 3.06. The van der Waals surface area contributed by atoms with Crippen molar-refractivity contribution >= 4 is 19.4 Å². The molecule has 0 aromatic heterocycles. The van der Waals surface area contributed by atoms with Crippen molar-refractivity contribution in [3.05, 3.63) is 73.0 Å². The molecule has 1 N–H and O–H groups in total. The van der Waals surface area contributed by atoms with Crippen LogP contribution in [0.15, 0.2) is 73.0 Å². The van der Waals surface area contributed by atoms with E-state index in [4.69, 9.17) is 9.16 Å². The summed E-state index contributed by atoms with van der Waals surface area (Å²) in [6, 6.07) is 20.5. The third-order valence-electron chi connectivity index (χ3n) is 4.69. The molecule has 0 saturated carbocycles. The van der Waals surface area contributed by atoms with Crippen LogP contribution < -0.4 is 10.4 Å². The van der Waals surface area contributed by atoms with Crippen molar-refractivity contribution in [3.63, 3.8) is 0 Å². The lowest BCUT2D eigenvalue weighted by Crippen LogP contribution is -2.57. The number of hydrogen-bond acceptors (Lipinski definition) is 3. The van der Waals surface area contributed by atoms with Crippen molar-refractivity contribution in [3.8, 4) is 0 Å². The number of rotatable bonds is 5. The number of benzene rings is 2. The van der Waals surface area contributed by atoms with Gasteiger partial charge in [-0.25, -0.2) is 0 Å². The topological polar surface area (TPSA) is 38.7 Å². The monoisotopic (exact) mass is 354 g/mol. The Bertz CT molecular complexity index is 669. The van der Waals surface area contributed by atoms with Gasteiger partial charge < -0.3 is 14.3 Å². The highest BCUT2D eigenvalue weighted by molar-refractivity contribution is 6.80. The van der Waals surface area contributed by atoms with Crippen LogP contribution in [0.25, 0.3) is 0 Å². The molecule has 1 heterocycles. The van der Waals surface area contributed by atoms with E-state index in [2.05, 4.69) is 45.0 Å². The van der Waals surface area contributed by atoms with E-state index in [1.54, 1.807) is 6.26 Å². The molecular weight excluding hydrogens is 328 g/mol. The van der Waals surface area contributed by atoms with E-state index in [9.17, 15) is 5.11 Å². The number of hydrogen-bond donors (Lipinski definition) is 1. The molecule has 132 valence electrons. The maximum absolute atomic E-state index is 10.2. The Hall–Kier alpha value is -1.88. The molecule has 1 aliphatic heterocycles. The van der Waals surface area contributed by atoms with Crippen LogP contribution in [0.4, 0.5) is 0 Å². The number of aliphatic hydroxyl groups is 1. The summed E-state index contributed by atoms with van der Waals surface area (Å²) >= 11 is 0. The number of ether oxygens (including phenoxy) is 1. The molecule has 0 aliphatic carbocycles. The van der Waals surface area contributed by atoms with Crippen LogP contribution in [0.3, 0.4) is 0 Å². The zero-order valence-electron chi connectivity index (χ0n) is 15.1. The first-order chi connectivity index (χ1) is 12.0. The zero-order chi connectivity index (χ0) is 17.9. The standard InChI is InChI=1S/C21H26O3Si/c1-20(2,3)19-14-15-23-21(19,16-22)24-25(17-10-6-4-7-11-17)18-12-8-5-9-13-18/h4-15,19,22,25H,16H2,1-3H3. The second-order valence-corrected chi connectivity index (χ2v) is 9.91. The Labute approximate surface area is 151 Å². The van der Waals surface area contributed by atoms with E-state index in [0.717, 1.165) is 0 Å². The van der Waals surface area contributed by atoms with Crippen molar-refractivity contribution in [1.82, 2.24) is 0 Å². The van der Waals surface area contributed by atoms with Gasteiger partial charge in [-0.2, -0.15) is 0 Å². The maximum atomic E-state index is 10.2. The van der Waals surface area contributed by atoms with Crippen LogP contribution in [0.2, 0.25) is 0 Å². The van der Waals surface area contributed by atoms with E-state index in [1.165, 1.54) is 10.4 Å². The molecule has 1 aliphatic rings. The van der Waals surface area contributed by atoms with Gasteiger partial charge in [0.25, 0.3) is 0 Å². The molecule has 25 heavy (non-hydrogen) atoms. The Kier molecular flexibility index (Phi) is 5.13. The van der Waals surface area contributed by atoms with Gasteiger partial charge in [0.05, 0.1) is 12.2 Å². The minimum Gasteiger partial charge on any atom is -0.468 e. The largest absolute Gasteiger partial charge is 0.468 e. The fraction of sp³-hybridized carbons (Fsp3) is 0.333. The molecule has 3 nitrogen and oxygen atoms in total. The van der Waals surface area contributed by atoms with Crippen molar-refractivity contribution in [2.75, 3.05) is 6.61 Å². The lowest BCUT2D eigenvalue weighted by molar-refractivity contribution is -0.201. The summed E-state index contributed by atoms with van der Waals surface area (Å²) in [6.45, 7) is 6.26. The average molecular weight is 355 g/mol. The van der Waals surface area contributed by atoms with Gasteiger partial charge in [0.1, 0.15) is 6.61 Å². The van der Waals surface area contributed by atoms with Crippen LogP contribution in [-0.4, -0.2) is 26.5 Å². The van der Waals surface area contributed by atoms with Crippen molar-refractivity contribution in [2.45, 2.75) is 26.6 Å². The molecule has 0 radical (unpaired) electrons. The van der Waals surface area contributed by atoms with E-state index in [1.807, 2.05) is 42.5 Å². The summed E-state index contributed by atoms with van der Waals surface area (Å²) in [7, 11) is -2.02. The summed E-state index contributed by atoms with van der Waals surface area (Å²) in [5, 5.41) is 12.6. The minimum atomic E-state index is -2.02. The predicted octanol–water partition coefficient (Wildman–Crippen LogP) is 2.44. The lowest BCUT2D eigenvalue weighted by atomic mass is 9.76. The van der Waals surface area contributed by atoms with Gasteiger partial charge in [0.15, 0.2) is 0 Å². The minimum absolute atomic E-state index is 0.0209. The smallest absolute Gasteiger partial charge is 0.245 e. The molecule has 0 bridgehead atoms. The Balaban J connectivity index is 2.00. The molecule has 0 fully saturated rings. The summed E-state index contributed by atoms with van der Waals surface area (Å²) in [4.78, 5) is 0. The van der Waals surface area contributed by atoms with Crippen LogP contribution in [-0.2, 0) is 9.16 Å². The highest BCUT2D eigenvalue weighted by atomic mass is 28.3. The normalized spacial score (nSPS) is 23.0.